The molecule has 1 N–H and O–H groups in total. The fraction of sp³-hybridized carbons (Fsp3) is 0.0870. The molecule has 0 radical (unpaired) electrons. The quantitative estimate of drug-likeness (QED) is 0.577. The van der Waals surface area contributed by atoms with Gasteiger partial charge in [-0.25, -0.2) is 0 Å². The third kappa shape index (κ3) is 3.24. The van der Waals surface area contributed by atoms with Gasteiger partial charge < -0.3 is 9.88 Å². The average Bonchev–Trinajstić information content (AvgIpc) is 2.69. The number of anilines is 1. The maximum atomic E-state index is 12.5. The maximum absolute atomic E-state index is 12.5. The molecule has 3 heteroatoms. The number of nitrogens with one attached hydrogen (secondary N) is 1. The van der Waals surface area contributed by atoms with E-state index in [1.807, 2.05) is 54.6 Å². The molecule has 0 aliphatic heterocycles. The number of benzene rings is 3. The van der Waals surface area contributed by atoms with Gasteiger partial charge in [-0.15, -0.1) is 0 Å². The lowest BCUT2D eigenvalue weighted by Gasteiger charge is -2.20. The van der Waals surface area contributed by atoms with Gasteiger partial charge in [0.15, 0.2) is 0 Å². The summed E-state index contributed by atoms with van der Waals surface area (Å²) in [5.41, 5.74) is 4.14. The number of pyridine rings is 1. The van der Waals surface area contributed by atoms with Crippen molar-refractivity contribution < 1.29 is 0 Å². The molecule has 0 unspecified atom stereocenters. The Morgan fingerprint density at radius 3 is 2.27 bits per heavy atom. The van der Waals surface area contributed by atoms with Crippen LogP contribution in [0.2, 0.25) is 0 Å². The van der Waals surface area contributed by atoms with Crippen LogP contribution in [0.1, 0.15) is 5.56 Å². The largest absolute Gasteiger partial charge is 0.370 e. The molecule has 26 heavy (non-hydrogen) atoms. The molecule has 0 saturated heterocycles. The molecule has 3 nitrogen and oxygen atoms in total. The SMILES string of the molecule is CN(Cc1ccccc1)c1ccc2c(=O)[nH]c(-c3ccccc3)cc2c1. The molecule has 0 saturated carbocycles. The Morgan fingerprint density at radius 1 is 0.846 bits per heavy atom. The van der Waals surface area contributed by atoms with Crippen LogP contribution >= 0.6 is 0 Å². The van der Waals surface area contributed by atoms with Crippen LogP contribution in [0.4, 0.5) is 5.69 Å². The lowest BCUT2D eigenvalue weighted by atomic mass is 10.1. The van der Waals surface area contributed by atoms with E-state index in [9.17, 15) is 4.79 Å². The smallest absolute Gasteiger partial charge is 0.256 e. The molecule has 0 fully saturated rings. The van der Waals surface area contributed by atoms with Gasteiger partial charge in [0.2, 0.25) is 0 Å². The van der Waals surface area contributed by atoms with Gasteiger partial charge in [0.05, 0.1) is 0 Å². The van der Waals surface area contributed by atoms with Crippen molar-refractivity contribution in [3.63, 3.8) is 0 Å². The molecule has 1 aromatic heterocycles. The van der Waals surface area contributed by atoms with E-state index in [1.165, 1.54) is 5.56 Å². The van der Waals surface area contributed by atoms with Crippen LogP contribution in [-0.4, -0.2) is 12.0 Å². The molecule has 3 aromatic carbocycles. The highest BCUT2D eigenvalue weighted by atomic mass is 16.1. The van der Waals surface area contributed by atoms with E-state index in [4.69, 9.17) is 0 Å². The van der Waals surface area contributed by atoms with Crippen LogP contribution < -0.4 is 10.5 Å². The first-order valence-electron chi connectivity index (χ1n) is 8.68. The normalized spacial score (nSPS) is 10.8. The predicted molar refractivity (Wildman–Crippen MR) is 109 cm³/mol. The minimum Gasteiger partial charge on any atom is -0.370 e. The average molecular weight is 340 g/mol. The first-order chi connectivity index (χ1) is 12.7. The van der Waals surface area contributed by atoms with E-state index in [1.54, 1.807) is 0 Å². The number of aromatic nitrogens is 1. The summed E-state index contributed by atoms with van der Waals surface area (Å²) in [4.78, 5) is 17.7. The third-order valence-electron chi connectivity index (χ3n) is 4.62. The summed E-state index contributed by atoms with van der Waals surface area (Å²) in [7, 11) is 2.07. The van der Waals surface area contributed by atoms with Crippen molar-refractivity contribution in [2.75, 3.05) is 11.9 Å². The second-order valence-electron chi connectivity index (χ2n) is 6.49. The Morgan fingerprint density at radius 2 is 1.54 bits per heavy atom. The van der Waals surface area contributed by atoms with E-state index in [2.05, 4.69) is 47.3 Å². The van der Waals surface area contributed by atoms with Gasteiger partial charge in [-0.3, -0.25) is 4.79 Å². The lowest BCUT2D eigenvalue weighted by molar-refractivity contribution is 0.924. The van der Waals surface area contributed by atoms with E-state index in [-0.39, 0.29) is 5.56 Å². The van der Waals surface area contributed by atoms with E-state index >= 15 is 0 Å². The summed E-state index contributed by atoms with van der Waals surface area (Å²) in [5.74, 6) is 0. The zero-order chi connectivity index (χ0) is 17.9. The van der Waals surface area contributed by atoms with E-state index in [0.717, 1.165) is 28.9 Å². The Bertz CT molecular complexity index is 1090. The van der Waals surface area contributed by atoms with Gasteiger partial charge >= 0.3 is 0 Å². The summed E-state index contributed by atoms with van der Waals surface area (Å²) >= 11 is 0. The molecule has 0 spiro atoms. The predicted octanol–water partition coefficient (Wildman–Crippen LogP) is 4.83. The molecule has 0 atom stereocenters. The Labute approximate surface area is 152 Å². The van der Waals surface area contributed by atoms with Crippen LogP contribution in [0.15, 0.2) is 89.7 Å². The topological polar surface area (TPSA) is 36.1 Å². The minimum atomic E-state index is -0.0568. The van der Waals surface area contributed by atoms with Crippen LogP contribution in [0.3, 0.4) is 0 Å². The Kier molecular flexibility index (Phi) is 4.28. The fourth-order valence-corrected chi connectivity index (χ4v) is 3.22. The Hall–Kier alpha value is -3.33. The highest BCUT2D eigenvalue weighted by Crippen LogP contribution is 2.24. The van der Waals surface area contributed by atoms with Crippen molar-refractivity contribution in [2.24, 2.45) is 0 Å². The molecule has 128 valence electrons. The zero-order valence-corrected chi connectivity index (χ0v) is 14.6. The number of H-pyrrole nitrogens is 1. The van der Waals surface area contributed by atoms with Crippen molar-refractivity contribution >= 4 is 16.5 Å². The molecular weight excluding hydrogens is 320 g/mol. The van der Waals surface area contributed by atoms with Crippen molar-refractivity contribution in [2.45, 2.75) is 6.54 Å². The van der Waals surface area contributed by atoms with Gasteiger partial charge in [0.1, 0.15) is 0 Å². The molecule has 1 heterocycles. The molecule has 0 aliphatic carbocycles. The first-order valence-corrected chi connectivity index (χ1v) is 8.68. The summed E-state index contributed by atoms with van der Waals surface area (Å²) < 4.78 is 0. The zero-order valence-electron chi connectivity index (χ0n) is 14.6. The number of rotatable bonds is 4. The molecule has 4 rings (SSSR count). The second kappa shape index (κ2) is 6.89. The van der Waals surface area contributed by atoms with Crippen LogP contribution in [0.25, 0.3) is 22.0 Å². The molecule has 0 aliphatic rings. The number of nitrogens with zero attached hydrogens (tertiary/aromatic N) is 1. The van der Waals surface area contributed by atoms with E-state index < -0.39 is 0 Å². The van der Waals surface area contributed by atoms with Crippen LogP contribution in [-0.2, 0) is 6.54 Å². The second-order valence-corrected chi connectivity index (χ2v) is 6.49. The van der Waals surface area contributed by atoms with E-state index in [0.29, 0.717) is 5.39 Å². The van der Waals surface area contributed by atoms with Crippen LogP contribution in [0.5, 0.6) is 0 Å². The van der Waals surface area contributed by atoms with Crippen molar-refractivity contribution in [1.29, 1.82) is 0 Å². The fourth-order valence-electron chi connectivity index (χ4n) is 3.22. The van der Waals surface area contributed by atoms with Crippen LogP contribution in [0, 0.1) is 0 Å². The Balaban J connectivity index is 1.73. The van der Waals surface area contributed by atoms with Gasteiger partial charge in [-0.2, -0.15) is 0 Å². The molecule has 0 bridgehead atoms. The van der Waals surface area contributed by atoms with Crippen molar-refractivity contribution in [3.05, 3.63) is 101 Å². The summed E-state index contributed by atoms with van der Waals surface area (Å²) in [6.45, 7) is 0.821. The minimum absolute atomic E-state index is 0.0568. The number of aromatic amines is 1. The van der Waals surface area contributed by atoms with Gasteiger partial charge in [0, 0.05) is 30.4 Å². The number of fused-ring (bicyclic) bond motifs is 1. The first kappa shape index (κ1) is 16.2. The lowest BCUT2D eigenvalue weighted by Crippen LogP contribution is -2.16. The summed E-state index contributed by atoms with van der Waals surface area (Å²) in [6.07, 6.45) is 0. The molecule has 0 amide bonds. The maximum Gasteiger partial charge on any atom is 0.256 e. The highest BCUT2D eigenvalue weighted by Gasteiger charge is 2.07. The number of hydrogen-bond donors (Lipinski definition) is 1. The summed E-state index contributed by atoms with van der Waals surface area (Å²) in [5, 5.41) is 1.66. The van der Waals surface area contributed by atoms with Gasteiger partial charge in [-0.1, -0.05) is 60.7 Å². The summed E-state index contributed by atoms with van der Waals surface area (Å²) in [6, 6.07) is 28.3. The standard InChI is InChI=1S/C23H20N2O/c1-25(16-17-8-4-2-5-9-17)20-12-13-21-19(14-20)15-22(24-23(21)26)18-10-6-3-7-11-18/h2-15H,16H2,1H3,(H,24,26). The third-order valence-corrected chi connectivity index (χ3v) is 4.62. The molecule has 4 aromatic rings. The molecular formula is C23H20N2O. The van der Waals surface area contributed by atoms with Crippen molar-refractivity contribution in [3.8, 4) is 11.3 Å². The highest BCUT2D eigenvalue weighted by molar-refractivity contribution is 5.88. The monoisotopic (exact) mass is 340 g/mol. The van der Waals surface area contributed by atoms with Crippen molar-refractivity contribution in [1.82, 2.24) is 4.98 Å². The number of hydrogen-bond acceptors (Lipinski definition) is 2. The van der Waals surface area contributed by atoms with Gasteiger partial charge in [-0.05, 0) is 40.8 Å². The van der Waals surface area contributed by atoms with Gasteiger partial charge in [0.25, 0.3) is 5.56 Å².